The Kier molecular flexibility index (Phi) is 4.90. The quantitative estimate of drug-likeness (QED) is 0.695. The maximum atomic E-state index is 12.9. The third kappa shape index (κ3) is 3.52. The molecule has 0 bridgehead atoms. The van der Waals surface area contributed by atoms with E-state index in [1.54, 1.807) is 19.1 Å². The van der Waals surface area contributed by atoms with Gasteiger partial charge in [0, 0.05) is 31.5 Å². The zero-order valence-electron chi connectivity index (χ0n) is 15.6. The minimum Gasteiger partial charge on any atom is -0.340 e. The fraction of sp³-hybridized carbons (Fsp3) is 0.273. The number of piperidine rings is 1. The summed E-state index contributed by atoms with van der Waals surface area (Å²) in [5.41, 5.74) is 2.86. The second kappa shape index (κ2) is 7.65. The summed E-state index contributed by atoms with van der Waals surface area (Å²) in [5.74, 6) is 1.47. The first-order valence-electron chi connectivity index (χ1n) is 9.35. The van der Waals surface area contributed by atoms with E-state index in [0.717, 1.165) is 29.8 Å². The van der Waals surface area contributed by atoms with Crippen LogP contribution in [0.15, 0.2) is 53.1 Å². The molecule has 6 heteroatoms. The number of rotatable bonds is 3. The van der Waals surface area contributed by atoms with Crippen LogP contribution in [0, 0.1) is 18.3 Å². The summed E-state index contributed by atoms with van der Waals surface area (Å²) in [5, 5.41) is 13.6. The molecule has 28 heavy (non-hydrogen) atoms. The van der Waals surface area contributed by atoms with Gasteiger partial charge in [0.2, 0.25) is 5.89 Å². The van der Waals surface area contributed by atoms with E-state index in [4.69, 9.17) is 4.52 Å². The van der Waals surface area contributed by atoms with Crippen LogP contribution >= 0.6 is 0 Å². The number of amides is 1. The van der Waals surface area contributed by atoms with Gasteiger partial charge in [-0.05, 0) is 36.1 Å². The molecule has 1 saturated heterocycles. The number of benzene rings is 2. The lowest BCUT2D eigenvalue weighted by atomic mass is 9.94. The molecule has 0 saturated carbocycles. The summed E-state index contributed by atoms with van der Waals surface area (Å²) >= 11 is 0. The molecule has 4 rings (SSSR count). The number of nitrogens with zero attached hydrogens (tertiary/aromatic N) is 4. The molecule has 140 valence electrons. The second-order valence-electron chi connectivity index (χ2n) is 6.98. The van der Waals surface area contributed by atoms with Crippen LogP contribution < -0.4 is 0 Å². The highest BCUT2D eigenvalue weighted by molar-refractivity contribution is 5.95. The molecule has 0 spiro atoms. The van der Waals surface area contributed by atoms with E-state index in [0.29, 0.717) is 30.1 Å². The van der Waals surface area contributed by atoms with Crippen molar-refractivity contribution in [2.24, 2.45) is 0 Å². The zero-order valence-corrected chi connectivity index (χ0v) is 15.6. The molecule has 0 N–H and O–H groups in total. The Morgan fingerprint density at radius 3 is 2.57 bits per heavy atom. The third-order valence-electron chi connectivity index (χ3n) is 5.16. The van der Waals surface area contributed by atoms with Gasteiger partial charge in [-0.1, -0.05) is 41.6 Å². The number of likely N-dealkylation sites (tertiary alicyclic amines) is 1. The normalized spacial score (nSPS) is 14.6. The van der Waals surface area contributed by atoms with Gasteiger partial charge >= 0.3 is 0 Å². The van der Waals surface area contributed by atoms with E-state index in [2.05, 4.69) is 16.2 Å². The fourth-order valence-electron chi connectivity index (χ4n) is 3.64. The summed E-state index contributed by atoms with van der Waals surface area (Å²) in [4.78, 5) is 19.1. The molecular weight excluding hydrogens is 352 g/mol. The molecule has 2 aromatic carbocycles. The molecule has 0 radical (unpaired) electrons. The van der Waals surface area contributed by atoms with Gasteiger partial charge in [-0.2, -0.15) is 10.2 Å². The Balaban J connectivity index is 1.49. The molecule has 0 unspecified atom stereocenters. The number of carbonyl (C=O) groups excluding carboxylic acids is 1. The molecule has 0 aliphatic carbocycles. The van der Waals surface area contributed by atoms with Crippen molar-refractivity contribution in [3.05, 3.63) is 71.4 Å². The maximum Gasteiger partial charge on any atom is 0.253 e. The van der Waals surface area contributed by atoms with Gasteiger partial charge in [-0.3, -0.25) is 4.79 Å². The smallest absolute Gasteiger partial charge is 0.253 e. The number of hydrogen-bond donors (Lipinski definition) is 0. The van der Waals surface area contributed by atoms with Gasteiger partial charge in [-0.25, -0.2) is 0 Å². The van der Waals surface area contributed by atoms with Crippen LogP contribution in [0.1, 0.15) is 46.4 Å². The predicted molar refractivity (Wildman–Crippen MR) is 104 cm³/mol. The lowest BCUT2D eigenvalue weighted by Gasteiger charge is -2.30. The van der Waals surface area contributed by atoms with Gasteiger partial charge in [0.1, 0.15) is 0 Å². The minimum absolute atomic E-state index is 0.0427. The Morgan fingerprint density at radius 1 is 1.18 bits per heavy atom. The van der Waals surface area contributed by atoms with Crippen LogP contribution in [-0.2, 0) is 0 Å². The van der Waals surface area contributed by atoms with E-state index in [1.165, 1.54) is 0 Å². The first kappa shape index (κ1) is 17.9. The van der Waals surface area contributed by atoms with Crippen LogP contribution in [0.5, 0.6) is 0 Å². The van der Waals surface area contributed by atoms with Crippen molar-refractivity contribution in [3.8, 4) is 17.2 Å². The number of carbonyl (C=O) groups is 1. The maximum absolute atomic E-state index is 12.9. The summed E-state index contributed by atoms with van der Waals surface area (Å²) in [6.45, 7) is 3.06. The lowest BCUT2D eigenvalue weighted by molar-refractivity contribution is 0.0710. The van der Waals surface area contributed by atoms with Crippen LogP contribution in [0.3, 0.4) is 0 Å². The van der Waals surface area contributed by atoms with Gasteiger partial charge < -0.3 is 9.42 Å². The van der Waals surface area contributed by atoms with Crippen LogP contribution in [-0.4, -0.2) is 34.0 Å². The molecule has 1 aromatic heterocycles. The van der Waals surface area contributed by atoms with Crippen molar-refractivity contribution in [1.29, 1.82) is 5.26 Å². The van der Waals surface area contributed by atoms with Gasteiger partial charge in [0.15, 0.2) is 5.82 Å². The first-order valence-corrected chi connectivity index (χ1v) is 9.35. The van der Waals surface area contributed by atoms with E-state index < -0.39 is 0 Å². The predicted octanol–water partition coefficient (Wildman–Crippen LogP) is 3.94. The van der Waals surface area contributed by atoms with E-state index >= 15 is 0 Å². The van der Waals surface area contributed by atoms with E-state index in [1.807, 2.05) is 41.3 Å². The van der Waals surface area contributed by atoms with Gasteiger partial charge in [0.25, 0.3) is 5.91 Å². The highest BCUT2D eigenvalue weighted by Crippen LogP contribution is 2.28. The van der Waals surface area contributed by atoms with Crippen molar-refractivity contribution in [1.82, 2.24) is 15.0 Å². The SMILES string of the molecule is Cc1nc(C2CCN(C(=O)c3ccc(-c4ccccc4)c(C#N)c3)CC2)no1. The van der Waals surface area contributed by atoms with Gasteiger partial charge in [0.05, 0.1) is 11.6 Å². The largest absolute Gasteiger partial charge is 0.340 e. The number of aromatic nitrogens is 2. The fourth-order valence-corrected chi connectivity index (χ4v) is 3.64. The molecule has 6 nitrogen and oxygen atoms in total. The Labute approximate surface area is 163 Å². The molecule has 1 fully saturated rings. The standard InChI is InChI=1S/C22H20N4O2/c1-15-24-21(25-28-15)17-9-11-26(12-10-17)22(27)18-7-8-20(19(13-18)14-23)16-5-3-2-4-6-16/h2-8,13,17H,9-12H2,1H3. The molecule has 3 aromatic rings. The van der Waals surface area contributed by atoms with Crippen molar-refractivity contribution in [2.45, 2.75) is 25.7 Å². The monoisotopic (exact) mass is 372 g/mol. The third-order valence-corrected chi connectivity index (χ3v) is 5.16. The highest BCUT2D eigenvalue weighted by Gasteiger charge is 2.27. The van der Waals surface area contributed by atoms with Crippen molar-refractivity contribution >= 4 is 5.91 Å². The Morgan fingerprint density at radius 2 is 1.93 bits per heavy atom. The van der Waals surface area contributed by atoms with Crippen LogP contribution in [0.25, 0.3) is 11.1 Å². The van der Waals surface area contributed by atoms with Crippen LogP contribution in [0.4, 0.5) is 0 Å². The number of aryl methyl sites for hydroxylation is 1. The molecule has 2 heterocycles. The molecular formula is C22H20N4O2. The summed E-state index contributed by atoms with van der Waals surface area (Å²) in [6, 6.07) is 17.3. The second-order valence-corrected chi connectivity index (χ2v) is 6.98. The zero-order chi connectivity index (χ0) is 19.5. The van der Waals surface area contributed by atoms with E-state index in [9.17, 15) is 10.1 Å². The number of hydrogen-bond acceptors (Lipinski definition) is 5. The van der Waals surface area contributed by atoms with Crippen molar-refractivity contribution < 1.29 is 9.32 Å². The van der Waals surface area contributed by atoms with Crippen molar-refractivity contribution in [3.63, 3.8) is 0 Å². The highest BCUT2D eigenvalue weighted by atomic mass is 16.5. The Hall–Kier alpha value is -3.46. The van der Waals surface area contributed by atoms with Crippen molar-refractivity contribution in [2.75, 3.05) is 13.1 Å². The Bertz CT molecular complexity index is 1030. The summed E-state index contributed by atoms with van der Waals surface area (Å²) in [7, 11) is 0. The summed E-state index contributed by atoms with van der Waals surface area (Å²) < 4.78 is 5.06. The molecule has 1 aliphatic heterocycles. The van der Waals surface area contributed by atoms with Crippen LogP contribution in [0.2, 0.25) is 0 Å². The minimum atomic E-state index is -0.0427. The van der Waals surface area contributed by atoms with Gasteiger partial charge in [-0.15, -0.1) is 0 Å². The topological polar surface area (TPSA) is 83.0 Å². The first-order chi connectivity index (χ1) is 13.7. The molecule has 0 atom stereocenters. The number of nitriles is 1. The van der Waals surface area contributed by atoms with E-state index in [-0.39, 0.29) is 11.8 Å². The lowest BCUT2D eigenvalue weighted by Crippen LogP contribution is -2.38. The summed E-state index contributed by atoms with van der Waals surface area (Å²) in [6.07, 6.45) is 1.61. The molecule has 1 amide bonds. The average Bonchev–Trinajstić information content (AvgIpc) is 3.20. The average molecular weight is 372 g/mol. The molecule has 1 aliphatic rings.